The normalized spacial score (nSPS) is 18.9. The number of aromatic nitrogens is 2. The van der Waals surface area contributed by atoms with Crippen LogP contribution in [0.5, 0.6) is 0 Å². The highest BCUT2D eigenvalue weighted by Gasteiger charge is 2.28. The lowest BCUT2D eigenvalue weighted by Gasteiger charge is -2.33. The van der Waals surface area contributed by atoms with Gasteiger partial charge in [0, 0.05) is 46.0 Å². The van der Waals surface area contributed by atoms with E-state index in [2.05, 4.69) is 5.10 Å². The van der Waals surface area contributed by atoms with Crippen LogP contribution in [0.25, 0.3) is 0 Å². The molecule has 110 valence electrons. The SMILES string of the molecule is CC(=O)N1CCCC(C(=O)N(C)CCn2cccn2)C1. The molecule has 0 saturated carbocycles. The second kappa shape index (κ2) is 6.54. The molecule has 1 aromatic heterocycles. The fourth-order valence-electron chi connectivity index (χ4n) is 2.57. The Morgan fingerprint density at radius 1 is 1.45 bits per heavy atom. The molecule has 6 nitrogen and oxygen atoms in total. The molecule has 0 spiro atoms. The maximum absolute atomic E-state index is 12.4. The van der Waals surface area contributed by atoms with E-state index < -0.39 is 0 Å². The molecule has 2 rings (SSSR count). The Morgan fingerprint density at radius 2 is 2.25 bits per heavy atom. The summed E-state index contributed by atoms with van der Waals surface area (Å²) in [4.78, 5) is 27.3. The molecule has 2 amide bonds. The predicted octanol–water partition coefficient (Wildman–Crippen LogP) is 0.600. The predicted molar refractivity (Wildman–Crippen MR) is 74.8 cm³/mol. The zero-order valence-corrected chi connectivity index (χ0v) is 12.2. The van der Waals surface area contributed by atoms with Crippen molar-refractivity contribution in [3.8, 4) is 0 Å². The van der Waals surface area contributed by atoms with Crippen molar-refractivity contribution in [2.75, 3.05) is 26.7 Å². The lowest BCUT2D eigenvalue weighted by Crippen LogP contribution is -2.45. The van der Waals surface area contributed by atoms with Gasteiger partial charge in [-0.25, -0.2) is 0 Å². The van der Waals surface area contributed by atoms with Gasteiger partial charge in [0.2, 0.25) is 11.8 Å². The van der Waals surface area contributed by atoms with Gasteiger partial charge >= 0.3 is 0 Å². The highest BCUT2D eigenvalue weighted by molar-refractivity contribution is 5.80. The van der Waals surface area contributed by atoms with Gasteiger partial charge < -0.3 is 9.80 Å². The van der Waals surface area contributed by atoms with Crippen LogP contribution in [0.1, 0.15) is 19.8 Å². The first kappa shape index (κ1) is 14.6. The van der Waals surface area contributed by atoms with Gasteiger partial charge in [-0.1, -0.05) is 0 Å². The lowest BCUT2D eigenvalue weighted by molar-refractivity contribution is -0.139. The van der Waals surface area contributed by atoms with Gasteiger partial charge in [-0.15, -0.1) is 0 Å². The van der Waals surface area contributed by atoms with Crippen LogP contribution in [-0.4, -0.2) is 58.1 Å². The van der Waals surface area contributed by atoms with Crippen molar-refractivity contribution in [3.63, 3.8) is 0 Å². The minimum Gasteiger partial charge on any atom is -0.344 e. The number of likely N-dealkylation sites (N-methyl/N-ethyl adjacent to an activating group) is 1. The summed E-state index contributed by atoms with van der Waals surface area (Å²) in [5.41, 5.74) is 0. The molecule has 0 radical (unpaired) electrons. The largest absolute Gasteiger partial charge is 0.344 e. The quantitative estimate of drug-likeness (QED) is 0.810. The van der Waals surface area contributed by atoms with E-state index in [1.165, 1.54) is 0 Å². The molecule has 1 saturated heterocycles. The molecular formula is C14H22N4O2. The summed E-state index contributed by atoms with van der Waals surface area (Å²) in [7, 11) is 1.82. The Labute approximate surface area is 119 Å². The van der Waals surface area contributed by atoms with Gasteiger partial charge in [-0.2, -0.15) is 5.10 Å². The summed E-state index contributed by atoms with van der Waals surface area (Å²) in [6.45, 7) is 4.22. The van der Waals surface area contributed by atoms with Gasteiger partial charge in [-0.3, -0.25) is 14.3 Å². The Morgan fingerprint density at radius 3 is 2.90 bits per heavy atom. The first-order valence-electron chi connectivity index (χ1n) is 7.06. The van der Waals surface area contributed by atoms with Crippen LogP contribution >= 0.6 is 0 Å². The maximum atomic E-state index is 12.4. The average Bonchev–Trinajstić information content (AvgIpc) is 2.97. The molecule has 1 aliphatic heterocycles. The molecule has 0 bridgehead atoms. The van der Waals surface area contributed by atoms with Crippen LogP contribution in [0, 0.1) is 5.92 Å². The van der Waals surface area contributed by atoms with Crippen molar-refractivity contribution >= 4 is 11.8 Å². The minimum absolute atomic E-state index is 0.0571. The van der Waals surface area contributed by atoms with E-state index in [0.29, 0.717) is 19.6 Å². The van der Waals surface area contributed by atoms with E-state index in [1.54, 1.807) is 22.9 Å². The standard InChI is InChI=1S/C14H22N4O2/c1-12(19)17-7-3-5-13(11-17)14(20)16(2)9-10-18-8-4-6-15-18/h4,6,8,13H,3,5,7,9-11H2,1-2H3. The zero-order chi connectivity index (χ0) is 14.5. The van der Waals surface area contributed by atoms with Crippen LogP contribution < -0.4 is 0 Å². The number of likely N-dealkylation sites (tertiary alicyclic amines) is 1. The molecule has 0 aliphatic carbocycles. The summed E-state index contributed by atoms with van der Waals surface area (Å²) in [6, 6.07) is 1.87. The first-order chi connectivity index (χ1) is 9.58. The van der Waals surface area contributed by atoms with Crippen LogP contribution in [0.4, 0.5) is 0 Å². The van der Waals surface area contributed by atoms with E-state index in [9.17, 15) is 9.59 Å². The number of amides is 2. The fraction of sp³-hybridized carbons (Fsp3) is 0.643. The van der Waals surface area contributed by atoms with Gasteiger partial charge in [0.25, 0.3) is 0 Å². The second-order valence-corrected chi connectivity index (χ2v) is 5.33. The molecule has 0 N–H and O–H groups in total. The number of carbonyl (C=O) groups excluding carboxylic acids is 2. The summed E-state index contributed by atoms with van der Waals surface area (Å²) < 4.78 is 1.81. The van der Waals surface area contributed by atoms with E-state index in [0.717, 1.165) is 19.4 Å². The highest BCUT2D eigenvalue weighted by Crippen LogP contribution is 2.18. The molecule has 20 heavy (non-hydrogen) atoms. The summed E-state index contributed by atoms with van der Waals surface area (Å²) in [5, 5.41) is 4.12. The summed E-state index contributed by atoms with van der Waals surface area (Å²) in [6.07, 6.45) is 5.39. The summed E-state index contributed by atoms with van der Waals surface area (Å²) in [5.74, 6) is 0.125. The molecule has 1 aromatic rings. The van der Waals surface area contributed by atoms with Gasteiger partial charge in [0.05, 0.1) is 12.5 Å². The summed E-state index contributed by atoms with van der Waals surface area (Å²) >= 11 is 0. The molecule has 1 unspecified atom stereocenters. The van der Waals surface area contributed by atoms with E-state index >= 15 is 0 Å². The molecule has 1 fully saturated rings. The number of rotatable bonds is 4. The molecule has 0 aromatic carbocycles. The highest BCUT2D eigenvalue weighted by atomic mass is 16.2. The lowest BCUT2D eigenvalue weighted by atomic mass is 9.96. The molecular weight excluding hydrogens is 256 g/mol. The minimum atomic E-state index is -0.0599. The van der Waals surface area contributed by atoms with Crippen molar-refractivity contribution in [1.29, 1.82) is 0 Å². The Kier molecular flexibility index (Phi) is 4.76. The Hall–Kier alpha value is -1.85. The van der Waals surface area contributed by atoms with E-state index in [4.69, 9.17) is 0 Å². The Balaban J connectivity index is 1.84. The zero-order valence-electron chi connectivity index (χ0n) is 12.2. The maximum Gasteiger partial charge on any atom is 0.227 e. The third kappa shape index (κ3) is 3.59. The van der Waals surface area contributed by atoms with Crippen LogP contribution in [0.3, 0.4) is 0 Å². The third-order valence-electron chi connectivity index (χ3n) is 3.82. The van der Waals surface area contributed by atoms with Crippen molar-refractivity contribution in [2.45, 2.75) is 26.3 Å². The monoisotopic (exact) mass is 278 g/mol. The number of nitrogens with zero attached hydrogens (tertiary/aromatic N) is 4. The molecule has 6 heteroatoms. The fourth-order valence-corrected chi connectivity index (χ4v) is 2.57. The molecule has 1 atom stereocenters. The van der Waals surface area contributed by atoms with Gasteiger partial charge in [0.1, 0.15) is 0 Å². The Bertz CT molecular complexity index is 458. The van der Waals surface area contributed by atoms with Crippen molar-refractivity contribution in [2.24, 2.45) is 5.92 Å². The van der Waals surface area contributed by atoms with E-state index in [-0.39, 0.29) is 17.7 Å². The number of hydrogen-bond donors (Lipinski definition) is 0. The third-order valence-corrected chi connectivity index (χ3v) is 3.82. The molecule has 2 heterocycles. The van der Waals surface area contributed by atoms with Crippen LogP contribution in [0.15, 0.2) is 18.5 Å². The van der Waals surface area contributed by atoms with Gasteiger partial charge in [-0.05, 0) is 18.9 Å². The number of piperidine rings is 1. The van der Waals surface area contributed by atoms with Crippen LogP contribution in [-0.2, 0) is 16.1 Å². The van der Waals surface area contributed by atoms with E-state index in [1.807, 2.05) is 24.0 Å². The van der Waals surface area contributed by atoms with Crippen LogP contribution in [0.2, 0.25) is 0 Å². The number of carbonyl (C=O) groups is 2. The second-order valence-electron chi connectivity index (χ2n) is 5.33. The van der Waals surface area contributed by atoms with Gasteiger partial charge in [0.15, 0.2) is 0 Å². The van der Waals surface area contributed by atoms with Crippen molar-refractivity contribution < 1.29 is 9.59 Å². The topological polar surface area (TPSA) is 58.4 Å². The molecule has 1 aliphatic rings. The van der Waals surface area contributed by atoms with Crippen molar-refractivity contribution in [1.82, 2.24) is 19.6 Å². The number of hydrogen-bond acceptors (Lipinski definition) is 3. The van der Waals surface area contributed by atoms with Crippen molar-refractivity contribution in [3.05, 3.63) is 18.5 Å². The smallest absolute Gasteiger partial charge is 0.227 e. The average molecular weight is 278 g/mol. The first-order valence-corrected chi connectivity index (χ1v) is 7.06.